The summed E-state index contributed by atoms with van der Waals surface area (Å²) in [5.74, 6) is -1.45. The van der Waals surface area contributed by atoms with Crippen LogP contribution in [0.15, 0.2) is 46.0 Å². The molecule has 3 N–H and O–H groups in total. The predicted octanol–water partition coefficient (Wildman–Crippen LogP) is 3.88. The van der Waals surface area contributed by atoms with Gasteiger partial charge in [-0.15, -0.1) is 0 Å². The normalized spacial score (nSPS) is 13.4. The lowest BCUT2D eigenvalue weighted by Gasteiger charge is -2.11. The van der Waals surface area contributed by atoms with Crippen LogP contribution in [0.25, 0.3) is 0 Å². The molecule has 0 spiro atoms. The Morgan fingerprint density at radius 3 is 2.67 bits per heavy atom. The number of benzene rings is 2. The van der Waals surface area contributed by atoms with Gasteiger partial charge in [0.05, 0.1) is 6.21 Å². The number of hydrazone groups is 1. The Balaban J connectivity index is 1.70. The third-order valence-corrected chi connectivity index (χ3v) is 4.85. The Hall–Kier alpha value is -2.38. The lowest BCUT2D eigenvalue weighted by molar-refractivity contribution is -0.139. The van der Waals surface area contributed by atoms with Crippen LogP contribution in [0.4, 0.5) is 11.4 Å². The van der Waals surface area contributed by atoms with E-state index in [0.717, 1.165) is 39.8 Å². The monoisotopic (exact) mass is 448 g/mol. The van der Waals surface area contributed by atoms with E-state index in [1.165, 1.54) is 6.21 Å². The number of carbonyl (C=O) groups excluding carboxylic acids is 2. The van der Waals surface area contributed by atoms with Crippen molar-refractivity contribution in [2.45, 2.75) is 25.8 Å². The molecule has 0 saturated heterocycles. The number of aryl methyl sites for hydroxylation is 1. The van der Waals surface area contributed by atoms with E-state index in [1.807, 2.05) is 43.3 Å². The molecule has 8 heteroatoms. The predicted molar refractivity (Wildman–Crippen MR) is 111 cm³/mol. The first-order chi connectivity index (χ1) is 12.9. The summed E-state index contributed by atoms with van der Waals surface area (Å²) in [5, 5.41) is 10.4. The van der Waals surface area contributed by atoms with Crippen molar-refractivity contribution in [2.24, 2.45) is 5.10 Å². The van der Waals surface area contributed by atoms with Crippen molar-refractivity contribution in [3.63, 3.8) is 0 Å². The van der Waals surface area contributed by atoms with Crippen LogP contribution in [0.1, 0.15) is 24.0 Å². The Kier molecular flexibility index (Phi) is 6.13. The maximum atomic E-state index is 11.7. The minimum atomic E-state index is -0.784. The topological polar surface area (TPSA) is 82.6 Å². The van der Waals surface area contributed by atoms with Crippen LogP contribution in [-0.2, 0) is 9.59 Å². The molecule has 0 radical (unpaired) electrons. The standard InChI is InChI=1S/C19H18BrClN4O2/c1-11-2-4-15(9-16(11)21)23-17-7-3-13(20)8-12(17)10-22-25-19(27)18(26)24-14-5-6-14/h2-4,7-10,14,23H,5-6H2,1H3,(H,24,26)(H,25,27)/b22-10-. The van der Waals surface area contributed by atoms with Gasteiger partial charge in [-0.25, -0.2) is 5.43 Å². The molecule has 3 rings (SSSR count). The van der Waals surface area contributed by atoms with Crippen molar-refractivity contribution in [2.75, 3.05) is 5.32 Å². The van der Waals surface area contributed by atoms with Gasteiger partial charge >= 0.3 is 11.8 Å². The van der Waals surface area contributed by atoms with E-state index in [-0.39, 0.29) is 6.04 Å². The van der Waals surface area contributed by atoms with Crippen LogP contribution in [-0.4, -0.2) is 24.1 Å². The minimum absolute atomic E-state index is 0.120. The van der Waals surface area contributed by atoms with E-state index >= 15 is 0 Å². The molecule has 0 bridgehead atoms. The van der Waals surface area contributed by atoms with Gasteiger partial charge in [-0.3, -0.25) is 9.59 Å². The zero-order valence-corrected chi connectivity index (χ0v) is 16.9. The van der Waals surface area contributed by atoms with Crippen molar-refractivity contribution in [3.8, 4) is 0 Å². The number of nitrogens with one attached hydrogen (secondary N) is 3. The SMILES string of the molecule is Cc1ccc(Nc2ccc(Br)cc2/C=N\NC(=O)C(=O)NC2CC2)cc1Cl. The molecule has 2 aromatic rings. The lowest BCUT2D eigenvalue weighted by atomic mass is 10.1. The summed E-state index contributed by atoms with van der Waals surface area (Å²) in [4.78, 5) is 23.4. The van der Waals surface area contributed by atoms with Gasteiger partial charge in [0.1, 0.15) is 0 Å². The number of halogens is 2. The smallest absolute Gasteiger partial charge is 0.329 e. The molecule has 0 aliphatic heterocycles. The summed E-state index contributed by atoms with van der Waals surface area (Å²) in [7, 11) is 0. The van der Waals surface area contributed by atoms with Crippen LogP contribution >= 0.6 is 27.5 Å². The molecule has 27 heavy (non-hydrogen) atoms. The highest BCUT2D eigenvalue weighted by atomic mass is 79.9. The average molecular weight is 450 g/mol. The fourth-order valence-corrected chi connectivity index (χ4v) is 2.83. The molecule has 0 aromatic heterocycles. The molecule has 140 valence electrons. The molecular formula is C19H18BrClN4O2. The van der Waals surface area contributed by atoms with E-state index in [4.69, 9.17) is 11.6 Å². The van der Waals surface area contributed by atoms with Crippen molar-refractivity contribution in [1.82, 2.24) is 10.7 Å². The van der Waals surface area contributed by atoms with Gasteiger partial charge in [0.2, 0.25) is 0 Å². The molecule has 0 atom stereocenters. The number of nitrogens with zero attached hydrogens (tertiary/aromatic N) is 1. The number of hydrogen-bond acceptors (Lipinski definition) is 4. The molecule has 6 nitrogen and oxygen atoms in total. The van der Waals surface area contributed by atoms with E-state index in [0.29, 0.717) is 5.02 Å². The summed E-state index contributed by atoms with van der Waals surface area (Å²) in [6, 6.07) is 11.4. The zero-order chi connectivity index (χ0) is 19.4. The summed E-state index contributed by atoms with van der Waals surface area (Å²) < 4.78 is 0.856. The second kappa shape index (κ2) is 8.54. The third-order valence-electron chi connectivity index (χ3n) is 3.95. The second-order valence-electron chi connectivity index (χ2n) is 6.27. The maximum Gasteiger partial charge on any atom is 0.329 e. The van der Waals surface area contributed by atoms with Crippen molar-refractivity contribution >= 4 is 56.9 Å². The van der Waals surface area contributed by atoms with Crippen molar-refractivity contribution < 1.29 is 9.59 Å². The first kappa shape index (κ1) is 19.4. The Bertz CT molecular complexity index is 913. The van der Waals surface area contributed by atoms with Gasteiger partial charge in [0.25, 0.3) is 0 Å². The quantitative estimate of drug-likeness (QED) is 0.368. The minimum Gasteiger partial charge on any atom is -0.355 e. The summed E-state index contributed by atoms with van der Waals surface area (Å²) >= 11 is 9.59. The van der Waals surface area contributed by atoms with Gasteiger partial charge in [-0.2, -0.15) is 5.10 Å². The third kappa shape index (κ3) is 5.55. The Morgan fingerprint density at radius 2 is 1.96 bits per heavy atom. The van der Waals surface area contributed by atoms with E-state index in [1.54, 1.807) is 0 Å². The van der Waals surface area contributed by atoms with Crippen molar-refractivity contribution in [1.29, 1.82) is 0 Å². The average Bonchev–Trinajstić information content (AvgIpc) is 3.44. The van der Waals surface area contributed by atoms with Crippen LogP contribution in [0.5, 0.6) is 0 Å². The van der Waals surface area contributed by atoms with E-state index in [2.05, 4.69) is 37.1 Å². The van der Waals surface area contributed by atoms with Crippen LogP contribution in [0.2, 0.25) is 5.02 Å². The molecule has 0 heterocycles. The van der Waals surface area contributed by atoms with Gasteiger partial charge < -0.3 is 10.6 Å². The largest absolute Gasteiger partial charge is 0.355 e. The molecule has 0 unspecified atom stereocenters. The summed E-state index contributed by atoms with van der Waals surface area (Å²) in [5.41, 5.74) is 5.57. The molecular weight excluding hydrogens is 432 g/mol. The number of rotatable bonds is 5. The molecule has 1 fully saturated rings. The molecule has 2 aromatic carbocycles. The number of anilines is 2. The fourth-order valence-electron chi connectivity index (χ4n) is 2.27. The van der Waals surface area contributed by atoms with Crippen LogP contribution in [0.3, 0.4) is 0 Å². The van der Waals surface area contributed by atoms with Gasteiger partial charge in [-0.1, -0.05) is 33.6 Å². The fraction of sp³-hybridized carbons (Fsp3) is 0.211. The summed E-state index contributed by atoms with van der Waals surface area (Å²) in [6.45, 7) is 1.94. The molecule has 1 aliphatic carbocycles. The van der Waals surface area contributed by atoms with Crippen LogP contribution in [0, 0.1) is 6.92 Å². The highest BCUT2D eigenvalue weighted by Crippen LogP contribution is 2.26. The maximum absolute atomic E-state index is 11.7. The second-order valence-corrected chi connectivity index (χ2v) is 7.59. The Morgan fingerprint density at radius 1 is 1.19 bits per heavy atom. The number of hydrogen-bond donors (Lipinski definition) is 3. The molecule has 1 aliphatic rings. The number of amides is 2. The van der Waals surface area contributed by atoms with Crippen LogP contribution < -0.4 is 16.1 Å². The van der Waals surface area contributed by atoms with Gasteiger partial charge in [0.15, 0.2) is 0 Å². The first-order valence-electron chi connectivity index (χ1n) is 8.39. The van der Waals surface area contributed by atoms with Gasteiger partial charge in [-0.05, 0) is 55.7 Å². The molecule has 2 amide bonds. The lowest BCUT2D eigenvalue weighted by Crippen LogP contribution is -2.38. The summed E-state index contributed by atoms with van der Waals surface area (Å²) in [6.07, 6.45) is 3.31. The Labute approximate surface area is 170 Å². The van der Waals surface area contributed by atoms with E-state index in [9.17, 15) is 9.59 Å². The highest BCUT2D eigenvalue weighted by Gasteiger charge is 2.26. The zero-order valence-electron chi connectivity index (χ0n) is 14.6. The van der Waals surface area contributed by atoms with Crippen molar-refractivity contribution in [3.05, 3.63) is 57.0 Å². The highest BCUT2D eigenvalue weighted by molar-refractivity contribution is 9.10. The molecule has 1 saturated carbocycles. The first-order valence-corrected chi connectivity index (χ1v) is 9.56. The van der Waals surface area contributed by atoms with E-state index < -0.39 is 11.8 Å². The number of carbonyl (C=O) groups is 2. The van der Waals surface area contributed by atoms with Gasteiger partial charge in [0, 0.05) is 32.5 Å².